The molecule has 2 atom stereocenters. The van der Waals surface area contributed by atoms with Gasteiger partial charge in [-0.25, -0.2) is 4.79 Å². The van der Waals surface area contributed by atoms with E-state index in [2.05, 4.69) is 46.7 Å². The van der Waals surface area contributed by atoms with Gasteiger partial charge in [-0.05, 0) is 68.1 Å². The number of amides is 2. The van der Waals surface area contributed by atoms with Crippen molar-refractivity contribution in [2.45, 2.75) is 51.9 Å². The SMILES string of the molecule is COc1cccc(CN2CCc3cc(OC)c(OC)cc3[C@@H]2[C@@H](C)NC(=O)NC(C)C)c1. The van der Waals surface area contributed by atoms with E-state index >= 15 is 0 Å². The van der Waals surface area contributed by atoms with Crippen LogP contribution in [0, 0.1) is 0 Å². The number of ether oxygens (including phenoxy) is 3. The second kappa shape index (κ2) is 10.6. The van der Waals surface area contributed by atoms with Crippen LogP contribution in [0.3, 0.4) is 0 Å². The minimum atomic E-state index is -0.165. The third-order valence-electron chi connectivity index (χ3n) is 5.80. The highest BCUT2D eigenvalue weighted by Gasteiger charge is 2.34. The summed E-state index contributed by atoms with van der Waals surface area (Å²) in [4.78, 5) is 14.9. The van der Waals surface area contributed by atoms with E-state index in [1.165, 1.54) is 5.56 Å². The maximum Gasteiger partial charge on any atom is 0.315 e. The number of hydrogen-bond donors (Lipinski definition) is 2. The highest BCUT2D eigenvalue weighted by molar-refractivity contribution is 5.74. The zero-order valence-corrected chi connectivity index (χ0v) is 19.9. The Labute approximate surface area is 191 Å². The third kappa shape index (κ3) is 5.46. The topological polar surface area (TPSA) is 72.1 Å². The quantitative estimate of drug-likeness (QED) is 0.650. The summed E-state index contributed by atoms with van der Waals surface area (Å²) in [6.45, 7) is 7.56. The van der Waals surface area contributed by atoms with Gasteiger partial charge in [0, 0.05) is 25.2 Å². The van der Waals surface area contributed by atoms with Crippen LogP contribution in [0.15, 0.2) is 36.4 Å². The van der Waals surface area contributed by atoms with Crippen molar-refractivity contribution in [3.63, 3.8) is 0 Å². The Hall–Kier alpha value is -2.93. The van der Waals surface area contributed by atoms with E-state index in [9.17, 15) is 4.79 Å². The van der Waals surface area contributed by atoms with Crippen LogP contribution in [0.2, 0.25) is 0 Å². The highest BCUT2D eigenvalue weighted by Crippen LogP contribution is 2.40. The molecule has 0 radical (unpaired) electrons. The Morgan fingerprint density at radius 1 is 1.03 bits per heavy atom. The molecule has 7 nitrogen and oxygen atoms in total. The maximum absolute atomic E-state index is 12.5. The summed E-state index contributed by atoms with van der Waals surface area (Å²) < 4.78 is 16.5. The molecular weight excluding hydrogens is 406 g/mol. The van der Waals surface area contributed by atoms with Crippen LogP contribution >= 0.6 is 0 Å². The predicted molar refractivity (Wildman–Crippen MR) is 126 cm³/mol. The monoisotopic (exact) mass is 441 g/mol. The van der Waals surface area contributed by atoms with Crippen LogP contribution in [-0.2, 0) is 13.0 Å². The maximum atomic E-state index is 12.5. The molecule has 0 spiro atoms. The van der Waals surface area contributed by atoms with Gasteiger partial charge in [-0.2, -0.15) is 0 Å². The van der Waals surface area contributed by atoms with Gasteiger partial charge < -0.3 is 24.8 Å². The van der Waals surface area contributed by atoms with Gasteiger partial charge >= 0.3 is 6.03 Å². The molecule has 7 heteroatoms. The zero-order chi connectivity index (χ0) is 23.3. The van der Waals surface area contributed by atoms with E-state index in [1.54, 1.807) is 21.3 Å². The fraction of sp³-hybridized carbons (Fsp3) is 0.480. The Morgan fingerprint density at radius 2 is 1.75 bits per heavy atom. The van der Waals surface area contributed by atoms with Crippen molar-refractivity contribution in [2.24, 2.45) is 0 Å². The van der Waals surface area contributed by atoms with Gasteiger partial charge in [-0.3, -0.25) is 4.90 Å². The molecule has 2 aromatic carbocycles. The average Bonchev–Trinajstić information content (AvgIpc) is 2.77. The number of nitrogens with zero attached hydrogens (tertiary/aromatic N) is 1. The first-order valence-electron chi connectivity index (χ1n) is 11.0. The smallest absolute Gasteiger partial charge is 0.315 e. The van der Waals surface area contributed by atoms with Crippen LogP contribution in [0.4, 0.5) is 4.79 Å². The first-order valence-corrected chi connectivity index (χ1v) is 11.0. The lowest BCUT2D eigenvalue weighted by Crippen LogP contribution is -2.50. The number of methoxy groups -OCH3 is 3. The second-order valence-electron chi connectivity index (χ2n) is 8.48. The van der Waals surface area contributed by atoms with E-state index in [0.717, 1.165) is 42.1 Å². The zero-order valence-electron chi connectivity index (χ0n) is 19.9. The number of benzene rings is 2. The Balaban J connectivity index is 1.96. The van der Waals surface area contributed by atoms with E-state index in [4.69, 9.17) is 14.2 Å². The second-order valence-corrected chi connectivity index (χ2v) is 8.48. The third-order valence-corrected chi connectivity index (χ3v) is 5.80. The fourth-order valence-corrected chi connectivity index (χ4v) is 4.39. The van der Waals surface area contributed by atoms with Crippen LogP contribution in [0.25, 0.3) is 0 Å². The normalized spacial score (nSPS) is 16.8. The molecule has 2 N–H and O–H groups in total. The van der Waals surface area contributed by atoms with Gasteiger partial charge in [0.15, 0.2) is 11.5 Å². The molecule has 0 unspecified atom stereocenters. The minimum absolute atomic E-state index is 0.0253. The molecule has 1 aliphatic rings. The van der Waals surface area contributed by atoms with Crippen molar-refractivity contribution in [1.29, 1.82) is 0 Å². The summed E-state index contributed by atoms with van der Waals surface area (Å²) in [5, 5.41) is 6.07. The van der Waals surface area contributed by atoms with Gasteiger partial charge in [-0.1, -0.05) is 12.1 Å². The molecule has 32 heavy (non-hydrogen) atoms. The van der Waals surface area contributed by atoms with Crippen LogP contribution in [0.5, 0.6) is 17.2 Å². The van der Waals surface area contributed by atoms with Gasteiger partial charge in [0.1, 0.15) is 5.75 Å². The first kappa shape index (κ1) is 23.7. The van der Waals surface area contributed by atoms with Crippen molar-refractivity contribution < 1.29 is 19.0 Å². The van der Waals surface area contributed by atoms with Gasteiger partial charge in [0.05, 0.1) is 27.4 Å². The molecule has 174 valence electrons. The van der Waals surface area contributed by atoms with Crippen LogP contribution < -0.4 is 24.8 Å². The summed E-state index contributed by atoms with van der Waals surface area (Å²) in [7, 11) is 4.98. The van der Waals surface area contributed by atoms with Crippen molar-refractivity contribution in [3.05, 3.63) is 53.1 Å². The molecular formula is C25H35N3O4. The largest absolute Gasteiger partial charge is 0.497 e. The fourth-order valence-electron chi connectivity index (χ4n) is 4.39. The molecule has 2 amide bonds. The predicted octanol–water partition coefficient (Wildman–Crippen LogP) is 3.91. The van der Waals surface area contributed by atoms with Crippen molar-refractivity contribution in [1.82, 2.24) is 15.5 Å². The standard InChI is InChI=1S/C25H35N3O4/c1-16(2)26-25(29)27-17(3)24-21-14-23(32-6)22(31-5)13-19(21)10-11-28(24)15-18-8-7-9-20(12-18)30-4/h7-9,12-14,16-17,24H,10-11,15H2,1-6H3,(H2,26,27,29)/t17-,24+/m1/s1. The number of carbonyl (C=O) groups excluding carboxylic acids is 1. The molecule has 1 aliphatic heterocycles. The first-order chi connectivity index (χ1) is 15.4. The number of hydrogen-bond acceptors (Lipinski definition) is 5. The molecule has 0 aromatic heterocycles. The molecule has 0 fully saturated rings. The number of fused-ring (bicyclic) bond motifs is 1. The number of nitrogens with one attached hydrogen (secondary N) is 2. The van der Waals surface area contributed by atoms with Crippen LogP contribution in [0.1, 0.15) is 43.5 Å². The summed E-state index contributed by atoms with van der Waals surface area (Å²) in [6.07, 6.45) is 0.890. The lowest BCUT2D eigenvalue weighted by Gasteiger charge is -2.41. The Morgan fingerprint density at radius 3 is 2.41 bits per heavy atom. The van der Waals surface area contributed by atoms with Crippen molar-refractivity contribution in [2.75, 3.05) is 27.9 Å². The molecule has 0 saturated carbocycles. The molecule has 0 bridgehead atoms. The van der Waals surface area contributed by atoms with Crippen LogP contribution in [-0.4, -0.2) is 50.9 Å². The van der Waals surface area contributed by atoms with Gasteiger partial charge in [0.25, 0.3) is 0 Å². The lowest BCUT2D eigenvalue weighted by molar-refractivity contribution is 0.143. The number of carbonyl (C=O) groups is 1. The molecule has 2 aromatic rings. The van der Waals surface area contributed by atoms with Gasteiger partial charge in [-0.15, -0.1) is 0 Å². The molecule has 0 aliphatic carbocycles. The summed E-state index contributed by atoms with van der Waals surface area (Å²) >= 11 is 0. The van der Waals surface area contributed by atoms with E-state index in [0.29, 0.717) is 5.75 Å². The minimum Gasteiger partial charge on any atom is -0.497 e. The summed E-state index contributed by atoms with van der Waals surface area (Å²) in [6, 6.07) is 12.0. The molecule has 0 saturated heterocycles. The Bertz CT molecular complexity index is 931. The van der Waals surface area contributed by atoms with E-state index < -0.39 is 0 Å². The molecule has 1 heterocycles. The number of rotatable bonds is 8. The van der Waals surface area contributed by atoms with E-state index in [-0.39, 0.29) is 24.2 Å². The number of urea groups is 1. The summed E-state index contributed by atoms with van der Waals surface area (Å²) in [5.41, 5.74) is 3.53. The highest BCUT2D eigenvalue weighted by atomic mass is 16.5. The molecule has 3 rings (SSSR count). The van der Waals surface area contributed by atoms with Gasteiger partial charge in [0.2, 0.25) is 0 Å². The van der Waals surface area contributed by atoms with Crippen molar-refractivity contribution in [3.8, 4) is 17.2 Å². The lowest BCUT2D eigenvalue weighted by atomic mass is 9.87. The summed E-state index contributed by atoms with van der Waals surface area (Å²) in [5.74, 6) is 2.26. The van der Waals surface area contributed by atoms with E-state index in [1.807, 2.05) is 26.0 Å². The Kier molecular flexibility index (Phi) is 7.85. The average molecular weight is 442 g/mol. The van der Waals surface area contributed by atoms with Crippen molar-refractivity contribution >= 4 is 6.03 Å².